The number of morpholine rings is 1. The summed E-state index contributed by atoms with van der Waals surface area (Å²) in [6.45, 7) is 10.7. The van der Waals surface area contributed by atoms with Crippen LogP contribution in [0.5, 0.6) is 11.5 Å². The van der Waals surface area contributed by atoms with Crippen LogP contribution in [0.15, 0.2) is 115 Å². The number of hydrogen-bond donors (Lipinski definition) is 1. The summed E-state index contributed by atoms with van der Waals surface area (Å²) < 4.78 is 12.3. The molecule has 2 N–H and O–H groups in total. The van der Waals surface area contributed by atoms with Gasteiger partial charge in [-0.2, -0.15) is 0 Å². The molecular weight excluding hydrogens is 807 g/mol. The van der Waals surface area contributed by atoms with Gasteiger partial charge < -0.3 is 29.1 Å². The monoisotopic (exact) mass is 853 g/mol. The van der Waals surface area contributed by atoms with Crippen LogP contribution >= 0.6 is 0 Å². The smallest absolute Gasteiger partial charge is 0.269 e. The van der Waals surface area contributed by atoms with Crippen LogP contribution in [0.2, 0.25) is 0 Å². The van der Waals surface area contributed by atoms with E-state index < -0.39 is 17.4 Å². The maximum Gasteiger partial charge on any atom is 0.269 e. The van der Waals surface area contributed by atoms with Crippen LogP contribution in [0.4, 0.5) is 22.7 Å². The summed E-state index contributed by atoms with van der Waals surface area (Å²) in [6, 6.07) is 35.9. The normalized spacial score (nSPS) is 18.9. The number of hydrazine groups is 1. The molecule has 64 heavy (non-hydrogen) atoms. The molecule has 322 valence electrons. The Kier molecular flexibility index (Phi) is 9.44. The van der Waals surface area contributed by atoms with Gasteiger partial charge in [0.05, 0.1) is 18.9 Å². The van der Waals surface area contributed by atoms with Crippen LogP contribution < -0.4 is 30.2 Å². The van der Waals surface area contributed by atoms with Crippen molar-refractivity contribution >= 4 is 57.2 Å². The first-order valence-electron chi connectivity index (χ1n) is 22.0. The zero-order valence-corrected chi connectivity index (χ0v) is 35.8. The number of fused-ring (bicyclic) bond motifs is 6. The Balaban J connectivity index is 0.821. The van der Waals surface area contributed by atoms with Crippen molar-refractivity contribution in [3.63, 3.8) is 0 Å². The lowest BCUT2D eigenvalue weighted by atomic mass is 9.75. The van der Waals surface area contributed by atoms with Gasteiger partial charge in [-0.25, -0.2) is 10.7 Å². The van der Waals surface area contributed by atoms with Crippen LogP contribution in [-0.2, 0) is 10.3 Å². The Bertz CT molecular complexity index is 2900. The molecule has 0 radical (unpaired) electrons. The van der Waals surface area contributed by atoms with Crippen LogP contribution in [0.25, 0.3) is 10.8 Å². The van der Waals surface area contributed by atoms with Gasteiger partial charge in [-0.3, -0.25) is 24.2 Å². The first-order chi connectivity index (χ1) is 31.2. The summed E-state index contributed by atoms with van der Waals surface area (Å²) in [5.41, 5.74) is 6.63. The molecule has 0 bridgehead atoms. The third kappa shape index (κ3) is 5.84. The number of hydrogen-bond acceptors (Lipinski definition) is 10. The number of carbonyl (C=O) groups excluding carboxylic acids is 4. The molecule has 5 aliphatic rings. The number of nitrogens with zero attached hydrogens (tertiary/aromatic N) is 6. The predicted molar refractivity (Wildman–Crippen MR) is 246 cm³/mol. The maximum absolute atomic E-state index is 14.0. The zero-order chi connectivity index (χ0) is 43.9. The number of imide groups is 1. The Morgan fingerprint density at radius 3 is 2.03 bits per heavy atom. The summed E-state index contributed by atoms with van der Waals surface area (Å²) in [7, 11) is 0. The van der Waals surface area contributed by atoms with Crippen LogP contribution in [0, 0.1) is 0 Å². The summed E-state index contributed by atoms with van der Waals surface area (Å²) in [6.07, 6.45) is 0. The van der Waals surface area contributed by atoms with Crippen molar-refractivity contribution in [3.05, 3.63) is 154 Å². The fraction of sp³-hybridized carbons (Fsp3) is 0.255. The molecule has 0 aromatic heterocycles. The molecule has 6 aromatic carbocycles. The van der Waals surface area contributed by atoms with Gasteiger partial charge in [0.1, 0.15) is 17.0 Å². The lowest BCUT2D eigenvalue weighted by Gasteiger charge is -2.43. The molecule has 13 nitrogen and oxygen atoms in total. The molecule has 1 atom stereocenters. The van der Waals surface area contributed by atoms with E-state index in [-0.39, 0.29) is 11.8 Å². The largest absolute Gasteiger partial charge is 0.456 e. The molecule has 6 aromatic rings. The first kappa shape index (κ1) is 39.6. The molecule has 0 saturated carbocycles. The molecule has 13 heteroatoms. The molecule has 11 rings (SSSR count). The van der Waals surface area contributed by atoms with Crippen molar-refractivity contribution in [1.29, 1.82) is 0 Å². The minimum Gasteiger partial charge on any atom is -0.456 e. The van der Waals surface area contributed by atoms with Crippen molar-refractivity contribution < 1.29 is 28.7 Å². The lowest BCUT2D eigenvalue weighted by molar-refractivity contribution is 0.0664. The van der Waals surface area contributed by atoms with E-state index in [0.29, 0.717) is 84.2 Å². The average molecular weight is 854 g/mol. The molecule has 1 unspecified atom stereocenters. The average Bonchev–Trinajstić information content (AvgIpc) is 3.56. The lowest BCUT2D eigenvalue weighted by Crippen LogP contribution is -2.51. The second kappa shape index (κ2) is 15.2. The molecule has 0 aliphatic carbocycles. The van der Waals surface area contributed by atoms with E-state index in [4.69, 9.17) is 15.3 Å². The Hall–Kier alpha value is -7.22. The van der Waals surface area contributed by atoms with E-state index in [1.807, 2.05) is 83.8 Å². The highest BCUT2D eigenvalue weighted by Gasteiger charge is 2.56. The molecular formula is C51H47N7O6. The van der Waals surface area contributed by atoms with Crippen molar-refractivity contribution in [2.75, 3.05) is 85.2 Å². The Morgan fingerprint density at radius 1 is 0.641 bits per heavy atom. The van der Waals surface area contributed by atoms with E-state index in [1.54, 1.807) is 30.3 Å². The second-order valence-electron chi connectivity index (χ2n) is 16.8. The number of anilines is 4. The van der Waals surface area contributed by atoms with Gasteiger partial charge in [0.25, 0.3) is 23.6 Å². The highest BCUT2D eigenvalue weighted by Crippen LogP contribution is 2.57. The number of nitrogens with two attached hydrogens (primary N) is 1. The van der Waals surface area contributed by atoms with Gasteiger partial charge in [0, 0.05) is 131 Å². The van der Waals surface area contributed by atoms with Gasteiger partial charge in [-0.15, -0.1) is 0 Å². The third-order valence-corrected chi connectivity index (χ3v) is 13.7. The van der Waals surface area contributed by atoms with Gasteiger partial charge in [-0.1, -0.05) is 42.5 Å². The summed E-state index contributed by atoms with van der Waals surface area (Å²) in [5, 5.41) is 2.90. The van der Waals surface area contributed by atoms with Crippen molar-refractivity contribution in [2.45, 2.75) is 19.4 Å². The summed E-state index contributed by atoms with van der Waals surface area (Å²) >= 11 is 0. The number of ether oxygens (including phenoxy) is 2. The minimum atomic E-state index is -1.09. The molecule has 2 fully saturated rings. The van der Waals surface area contributed by atoms with E-state index in [0.717, 1.165) is 65.3 Å². The van der Waals surface area contributed by atoms with Crippen LogP contribution in [0.1, 0.15) is 72.0 Å². The fourth-order valence-electron chi connectivity index (χ4n) is 10.5. The van der Waals surface area contributed by atoms with E-state index >= 15 is 0 Å². The van der Waals surface area contributed by atoms with E-state index in [1.165, 1.54) is 9.91 Å². The Morgan fingerprint density at radius 2 is 1.30 bits per heavy atom. The van der Waals surface area contributed by atoms with Gasteiger partial charge in [-0.05, 0) is 74.5 Å². The first-order valence-corrected chi connectivity index (χ1v) is 22.0. The number of rotatable bonds is 7. The fourth-order valence-corrected chi connectivity index (χ4v) is 10.5. The molecule has 5 heterocycles. The predicted octanol–water partition coefficient (Wildman–Crippen LogP) is 7.01. The number of amides is 4. The van der Waals surface area contributed by atoms with Crippen molar-refractivity contribution in [1.82, 2.24) is 9.91 Å². The summed E-state index contributed by atoms with van der Waals surface area (Å²) in [5.74, 6) is 6.93. The quantitative estimate of drug-likeness (QED) is 0.102. The maximum atomic E-state index is 14.0. The highest BCUT2D eigenvalue weighted by atomic mass is 16.5. The number of carbonyl (C=O) groups is 4. The minimum absolute atomic E-state index is 0.128. The van der Waals surface area contributed by atoms with Crippen molar-refractivity contribution in [3.8, 4) is 11.5 Å². The molecule has 2 saturated heterocycles. The third-order valence-electron chi connectivity index (χ3n) is 13.7. The standard InChI is InChI=1S/C51H47N7O6/c1-3-53(4-2)34-16-19-41-44(30-34)64-45-31-35(17-20-42(45)51(41)40-11-6-5-8-36(40)50(62)58(51)52)54-22-24-56(25-23-54)47(59)32-12-14-33(15-13-32)57-48(60)38-10-7-9-37-43(55-26-28-63-29-27-55)21-18-39(46(37)38)49(57)61/h5-21,30-31H,3-4,22-29,52H2,1-2H3. The van der Waals surface area contributed by atoms with Crippen LogP contribution in [-0.4, -0.2) is 99.1 Å². The van der Waals surface area contributed by atoms with Gasteiger partial charge >= 0.3 is 0 Å². The van der Waals surface area contributed by atoms with Crippen molar-refractivity contribution in [2.24, 2.45) is 5.84 Å². The number of benzene rings is 6. The van der Waals surface area contributed by atoms with Gasteiger partial charge in [0.2, 0.25) is 0 Å². The Labute approximate surface area is 370 Å². The summed E-state index contributed by atoms with van der Waals surface area (Å²) in [4.78, 5) is 65.5. The van der Waals surface area contributed by atoms with Crippen LogP contribution in [0.3, 0.4) is 0 Å². The molecule has 1 spiro atoms. The molecule has 4 amide bonds. The number of piperazine rings is 1. The van der Waals surface area contributed by atoms with E-state index in [2.05, 4.69) is 34.6 Å². The van der Waals surface area contributed by atoms with E-state index in [9.17, 15) is 19.2 Å². The SMILES string of the molecule is CCN(CC)c1ccc2c(c1)Oc1cc(N3CCN(C(=O)c4ccc(N5C(=O)c6cccc7c(N8CCOCC8)ccc(c67)C5=O)cc4)CC3)ccc1C21c2ccccc2C(=O)N1N. The molecule has 5 aliphatic heterocycles. The van der Waals surface area contributed by atoms with Gasteiger partial charge in [0.15, 0.2) is 0 Å². The zero-order valence-electron chi connectivity index (χ0n) is 35.8. The highest BCUT2D eigenvalue weighted by molar-refractivity contribution is 6.36. The topological polar surface area (TPSA) is 132 Å². The second-order valence-corrected chi connectivity index (χ2v) is 16.8.